The summed E-state index contributed by atoms with van der Waals surface area (Å²) in [6, 6.07) is 10.7. The predicted molar refractivity (Wildman–Crippen MR) is 122 cm³/mol. The predicted octanol–water partition coefficient (Wildman–Crippen LogP) is 3.96. The van der Waals surface area contributed by atoms with Crippen molar-refractivity contribution in [2.45, 2.75) is 0 Å². The van der Waals surface area contributed by atoms with Gasteiger partial charge >= 0.3 is 0 Å². The topological polar surface area (TPSA) is 69.6 Å². The quantitative estimate of drug-likeness (QED) is 0.364. The molecule has 0 unspecified atom stereocenters. The summed E-state index contributed by atoms with van der Waals surface area (Å²) in [5.41, 5.74) is 1.53. The standard InChI is InChI=1S/C21H20N2O5S2/c1-25-15-7-5-13(9-17(15)27-3)11-19-20(24)23(21(29)30-19)22-12-14-6-8-16(26-2)18(10-14)28-4/h5-12H,1-4H3/b19-11+,22-12-. The van der Waals surface area contributed by atoms with Crippen molar-refractivity contribution in [3.8, 4) is 23.0 Å². The largest absolute Gasteiger partial charge is 0.493 e. The van der Waals surface area contributed by atoms with Crippen LogP contribution in [-0.4, -0.2) is 49.9 Å². The molecule has 3 rings (SSSR count). The van der Waals surface area contributed by atoms with Crippen molar-refractivity contribution in [2.75, 3.05) is 28.4 Å². The molecule has 2 aromatic carbocycles. The number of hydrogen-bond donors (Lipinski definition) is 0. The molecular formula is C21H20N2O5S2. The first-order valence-electron chi connectivity index (χ1n) is 8.76. The average molecular weight is 445 g/mol. The first-order chi connectivity index (χ1) is 14.5. The number of ether oxygens (including phenoxy) is 4. The Morgan fingerprint density at radius 2 is 1.40 bits per heavy atom. The smallest absolute Gasteiger partial charge is 0.286 e. The number of benzene rings is 2. The summed E-state index contributed by atoms with van der Waals surface area (Å²) in [5.74, 6) is 2.07. The Morgan fingerprint density at radius 1 is 0.867 bits per heavy atom. The molecule has 1 aliphatic rings. The van der Waals surface area contributed by atoms with E-state index in [0.717, 1.165) is 11.1 Å². The molecule has 7 nitrogen and oxygen atoms in total. The second kappa shape index (κ2) is 9.64. The lowest BCUT2D eigenvalue weighted by Gasteiger charge is -2.09. The van der Waals surface area contributed by atoms with E-state index >= 15 is 0 Å². The van der Waals surface area contributed by atoms with Gasteiger partial charge < -0.3 is 18.9 Å². The molecule has 0 bridgehead atoms. The minimum Gasteiger partial charge on any atom is -0.493 e. The first-order valence-corrected chi connectivity index (χ1v) is 9.99. The molecule has 1 fully saturated rings. The van der Waals surface area contributed by atoms with E-state index in [9.17, 15) is 4.79 Å². The molecule has 0 N–H and O–H groups in total. The molecular weight excluding hydrogens is 424 g/mol. The van der Waals surface area contributed by atoms with Crippen molar-refractivity contribution < 1.29 is 23.7 Å². The Hall–Kier alpha value is -3.04. The molecule has 1 heterocycles. The van der Waals surface area contributed by atoms with E-state index in [1.54, 1.807) is 65.0 Å². The van der Waals surface area contributed by atoms with Gasteiger partial charge in [-0.3, -0.25) is 4.79 Å². The third kappa shape index (κ3) is 4.58. The first kappa shape index (κ1) is 21.7. The van der Waals surface area contributed by atoms with Gasteiger partial charge in [-0.25, -0.2) is 0 Å². The molecule has 0 aliphatic carbocycles. The fourth-order valence-corrected chi connectivity index (χ4v) is 3.88. The Labute approximate surface area is 184 Å². The van der Waals surface area contributed by atoms with Gasteiger partial charge in [0.1, 0.15) is 0 Å². The van der Waals surface area contributed by atoms with Crippen LogP contribution in [0, 0.1) is 0 Å². The summed E-state index contributed by atoms with van der Waals surface area (Å²) in [6.07, 6.45) is 3.29. The fourth-order valence-electron chi connectivity index (χ4n) is 2.71. The van der Waals surface area contributed by atoms with Gasteiger partial charge in [-0.15, -0.1) is 0 Å². The molecule has 0 saturated carbocycles. The highest BCUT2D eigenvalue weighted by Gasteiger charge is 2.32. The number of thiocarbonyl (C=S) groups is 1. The van der Waals surface area contributed by atoms with Gasteiger partial charge in [-0.1, -0.05) is 17.8 Å². The number of hydrogen-bond acceptors (Lipinski definition) is 8. The SMILES string of the molecule is COc1ccc(/C=N\N2C(=O)/C(=C\c3ccc(OC)c(OC)c3)SC2=S)cc1OC. The molecule has 0 radical (unpaired) electrons. The van der Waals surface area contributed by atoms with Crippen LogP contribution in [-0.2, 0) is 4.79 Å². The van der Waals surface area contributed by atoms with Gasteiger partial charge in [-0.2, -0.15) is 10.1 Å². The minimum absolute atomic E-state index is 0.295. The van der Waals surface area contributed by atoms with E-state index in [0.29, 0.717) is 32.2 Å². The van der Waals surface area contributed by atoms with Gasteiger partial charge in [0.25, 0.3) is 5.91 Å². The summed E-state index contributed by atoms with van der Waals surface area (Å²) in [6.45, 7) is 0. The van der Waals surface area contributed by atoms with Gasteiger partial charge in [-0.05, 0) is 59.8 Å². The van der Waals surface area contributed by atoms with E-state index in [4.69, 9.17) is 31.2 Å². The molecule has 1 amide bonds. The molecule has 30 heavy (non-hydrogen) atoms. The fraction of sp³-hybridized carbons (Fsp3) is 0.190. The van der Waals surface area contributed by atoms with Crippen molar-refractivity contribution in [3.05, 3.63) is 52.4 Å². The van der Waals surface area contributed by atoms with E-state index < -0.39 is 0 Å². The normalized spacial score (nSPS) is 15.2. The third-order valence-electron chi connectivity index (χ3n) is 4.21. The maximum atomic E-state index is 12.8. The van der Waals surface area contributed by atoms with Crippen LogP contribution in [0.4, 0.5) is 0 Å². The zero-order valence-electron chi connectivity index (χ0n) is 16.9. The Balaban J connectivity index is 1.81. The highest BCUT2D eigenvalue weighted by Crippen LogP contribution is 2.35. The molecule has 9 heteroatoms. The Kier molecular flexibility index (Phi) is 6.96. The van der Waals surface area contributed by atoms with E-state index in [-0.39, 0.29) is 5.91 Å². The van der Waals surface area contributed by atoms with Crippen molar-refractivity contribution in [1.29, 1.82) is 0 Å². The minimum atomic E-state index is -0.295. The zero-order valence-corrected chi connectivity index (χ0v) is 18.5. The lowest BCUT2D eigenvalue weighted by Crippen LogP contribution is -2.22. The van der Waals surface area contributed by atoms with E-state index in [1.807, 2.05) is 12.1 Å². The Bertz CT molecular complexity index is 1040. The van der Waals surface area contributed by atoms with Gasteiger partial charge in [0.15, 0.2) is 27.3 Å². The molecule has 2 aromatic rings. The number of thioether (sulfide) groups is 1. The summed E-state index contributed by atoms with van der Waals surface area (Å²) in [4.78, 5) is 13.2. The molecule has 0 spiro atoms. The summed E-state index contributed by atoms with van der Waals surface area (Å²) < 4.78 is 21.4. The monoisotopic (exact) mass is 444 g/mol. The molecule has 1 saturated heterocycles. The average Bonchev–Trinajstić information content (AvgIpc) is 3.04. The summed E-state index contributed by atoms with van der Waals surface area (Å²) in [7, 11) is 6.25. The van der Waals surface area contributed by atoms with Crippen molar-refractivity contribution >= 4 is 46.5 Å². The number of nitrogens with zero attached hydrogens (tertiary/aromatic N) is 2. The second-order valence-corrected chi connectivity index (χ2v) is 7.64. The van der Waals surface area contributed by atoms with Crippen LogP contribution >= 0.6 is 24.0 Å². The summed E-state index contributed by atoms with van der Waals surface area (Å²) >= 11 is 6.51. The summed E-state index contributed by atoms with van der Waals surface area (Å²) in [5, 5.41) is 5.45. The van der Waals surface area contributed by atoms with Crippen molar-refractivity contribution in [1.82, 2.24) is 5.01 Å². The lowest BCUT2D eigenvalue weighted by atomic mass is 10.2. The maximum absolute atomic E-state index is 12.8. The molecule has 0 atom stereocenters. The van der Waals surface area contributed by atoms with Gasteiger partial charge in [0.2, 0.25) is 0 Å². The molecule has 1 aliphatic heterocycles. The number of carbonyl (C=O) groups excluding carboxylic acids is 1. The third-order valence-corrected chi connectivity index (χ3v) is 5.49. The van der Waals surface area contributed by atoms with Crippen molar-refractivity contribution in [2.24, 2.45) is 5.10 Å². The van der Waals surface area contributed by atoms with Gasteiger partial charge in [0, 0.05) is 0 Å². The maximum Gasteiger partial charge on any atom is 0.286 e. The lowest BCUT2D eigenvalue weighted by molar-refractivity contribution is -0.122. The van der Waals surface area contributed by atoms with Crippen LogP contribution in [0.15, 0.2) is 46.4 Å². The van der Waals surface area contributed by atoms with Crippen LogP contribution < -0.4 is 18.9 Å². The van der Waals surface area contributed by atoms with Crippen LogP contribution in [0.25, 0.3) is 6.08 Å². The van der Waals surface area contributed by atoms with E-state index in [1.165, 1.54) is 16.8 Å². The number of hydrazone groups is 1. The molecule has 156 valence electrons. The molecule has 0 aromatic heterocycles. The van der Waals surface area contributed by atoms with Gasteiger partial charge in [0.05, 0.1) is 39.6 Å². The highest BCUT2D eigenvalue weighted by molar-refractivity contribution is 8.26. The van der Waals surface area contributed by atoms with Crippen LogP contribution in [0.1, 0.15) is 11.1 Å². The number of rotatable bonds is 7. The van der Waals surface area contributed by atoms with Crippen LogP contribution in [0.5, 0.6) is 23.0 Å². The van der Waals surface area contributed by atoms with Crippen LogP contribution in [0.3, 0.4) is 0 Å². The van der Waals surface area contributed by atoms with Crippen LogP contribution in [0.2, 0.25) is 0 Å². The number of amides is 1. The van der Waals surface area contributed by atoms with Crippen molar-refractivity contribution in [3.63, 3.8) is 0 Å². The Morgan fingerprint density at radius 3 is 1.97 bits per heavy atom. The zero-order chi connectivity index (χ0) is 21.7. The number of carbonyl (C=O) groups is 1. The number of methoxy groups -OCH3 is 4. The second-order valence-electron chi connectivity index (χ2n) is 5.97. The highest BCUT2D eigenvalue weighted by atomic mass is 32.2. The van der Waals surface area contributed by atoms with E-state index in [2.05, 4.69) is 5.10 Å².